The Morgan fingerprint density at radius 3 is 2.62 bits per heavy atom. The molecular weight excluding hydrogens is 331 g/mol. The number of ether oxygens (including phenoxy) is 1. The van der Waals surface area contributed by atoms with Gasteiger partial charge in [-0.3, -0.25) is 4.79 Å². The van der Waals surface area contributed by atoms with Crippen LogP contribution in [-0.4, -0.2) is 23.3 Å². The molecule has 0 aliphatic carbocycles. The van der Waals surface area contributed by atoms with Crippen LogP contribution >= 0.6 is 0 Å². The van der Waals surface area contributed by atoms with E-state index in [1.807, 2.05) is 32.1 Å². The maximum absolute atomic E-state index is 13.7. The summed E-state index contributed by atoms with van der Waals surface area (Å²) in [4.78, 5) is 11.5. The van der Waals surface area contributed by atoms with Crippen LogP contribution in [0.5, 0.6) is 0 Å². The number of carbonyl (C=O) groups excluding carboxylic acids is 1. The molecule has 0 bridgehead atoms. The van der Waals surface area contributed by atoms with Crippen LogP contribution in [0.25, 0.3) is 17.2 Å². The lowest BCUT2D eigenvalue weighted by atomic mass is 9.92. The van der Waals surface area contributed by atoms with Crippen LogP contribution in [-0.2, 0) is 9.53 Å². The minimum Gasteiger partial charge on any atom is -0.458 e. The summed E-state index contributed by atoms with van der Waals surface area (Å²) in [5.41, 5.74) is 5.75. The summed E-state index contributed by atoms with van der Waals surface area (Å²) in [6, 6.07) is 9.25. The van der Waals surface area contributed by atoms with E-state index in [1.54, 1.807) is 13.0 Å². The van der Waals surface area contributed by atoms with Crippen molar-refractivity contribution in [1.82, 2.24) is 0 Å². The monoisotopic (exact) mass is 354 g/mol. The molecule has 26 heavy (non-hydrogen) atoms. The Balaban J connectivity index is 1.99. The molecule has 2 atom stereocenters. The van der Waals surface area contributed by atoms with E-state index in [0.717, 1.165) is 27.8 Å². The highest BCUT2D eigenvalue weighted by Crippen LogP contribution is 2.31. The van der Waals surface area contributed by atoms with Crippen LogP contribution in [0.4, 0.5) is 4.39 Å². The SMILES string of the molecule is Cc1cc(C)c(/C=C/C2CC(O)CC(=O)O2)c(-c2ccc(F)c(C)c2)c1. The smallest absolute Gasteiger partial charge is 0.309 e. The number of aliphatic hydroxyl groups excluding tert-OH is 1. The van der Waals surface area contributed by atoms with E-state index in [9.17, 15) is 14.3 Å². The van der Waals surface area contributed by atoms with Crippen molar-refractivity contribution >= 4 is 12.0 Å². The first-order chi connectivity index (χ1) is 12.3. The largest absolute Gasteiger partial charge is 0.458 e. The molecule has 1 heterocycles. The van der Waals surface area contributed by atoms with Gasteiger partial charge in [-0.15, -0.1) is 0 Å². The third kappa shape index (κ3) is 4.02. The molecule has 1 fully saturated rings. The van der Waals surface area contributed by atoms with Gasteiger partial charge in [-0.05, 0) is 66.8 Å². The van der Waals surface area contributed by atoms with Crippen LogP contribution in [0.2, 0.25) is 0 Å². The number of aryl methyl sites for hydroxylation is 3. The number of aliphatic hydroxyl groups is 1. The standard InChI is InChI=1S/C22H23FO3/c1-13-8-14(2)19(6-5-18-11-17(24)12-22(25)26-18)20(9-13)16-4-7-21(23)15(3)10-16/h4-10,17-18,24H,11-12H2,1-3H3/b6-5+. The predicted octanol–water partition coefficient (Wildman–Crippen LogP) is 4.50. The predicted molar refractivity (Wildman–Crippen MR) is 100 cm³/mol. The van der Waals surface area contributed by atoms with Crippen LogP contribution in [0.3, 0.4) is 0 Å². The number of carbonyl (C=O) groups is 1. The van der Waals surface area contributed by atoms with Crippen LogP contribution < -0.4 is 0 Å². The molecule has 0 saturated carbocycles. The summed E-state index contributed by atoms with van der Waals surface area (Å²) < 4.78 is 18.9. The third-order valence-electron chi connectivity index (χ3n) is 4.67. The Labute approximate surface area is 153 Å². The molecule has 2 aromatic carbocycles. The van der Waals surface area contributed by atoms with Gasteiger partial charge in [0, 0.05) is 6.42 Å². The Morgan fingerprint density at radius 1 is 1.15 bits per heavy atom. The highest BCUT2D eigenvalue weighted by Gasteiger charge is 2.25. The topological polar surface area (TPSA) is 46.5 Å². The molecule has 1 aliphatic rings. The number of rotatable bonds is 3. The molecule has 2 unspecified atom stereocenters. The van der Waals surface area contributed by atoms with Gasteiger partial charge >= 0.3 is 5.97 Å². The first kappa shape index (κ1) is 18.3. The molecule has 136 valence electrons. The normalized spacial score (nSPS) is 20.4. The summed E-state index contributed by atoms with van der Waals surface area (Å²) in [6.45, 7) is 5.80. The van der Waals surface area contributed by atoms with Gasteiger partial charge in [0.15, 0.2) is 0 Å². The number of hydrogen-bond acceptors (Lipinski definition) is 3. The Morgan fingerprint density at radius 2 is 1.92 bits per heavy atom. The summed E-state index contributed by atoms with van der Waals surface area (Å²) >= 11 is 0. The van der Waals surface area contributed by atoms with Crippen molar-refractivity contribution in [3.05, 3.63) is 64.5 Å². The molecule has 3 nitrogen and oxygen atoms in total. The van der Waals surface area contributed by atoms with Crippen molar-refractivity contribution in [1.29, 1.82) is 0 Å². The van der Waals surface area contributed by atoms with Gasteiger partial charge in [0.1, 0.15) is 11.9 Å². The average Bonchev–Trinajstić information content (AvgIpc) is 2.55. The summed E-state index contributed by atoms with van der Waals surface area (Å²) in [5, 5.41) is 9.76. The minimum atomic E-state index is -0.663. The summed E-state index contributed by atoms with van der Waals surface area (Å²) in [6.07, 6.45) is 3.10. The summed E-state index contributed by atoms with van der Waals surface area (Å²) in [7, 11) is 0. The second kappa shape index (κ2) is 7.42. The van der Waals surface area contributed by atoms with Crippen molar-refractivity contribution in [2.45, 2.75) is 45.8 Å². The lowest BCUT2D eigenvalue weighted by Gasteiger charge is -2.23. The molecule has 0 amide bonds. The first-order valence-electron chi connectivity index (χ1n) is 8.77. The van der Waals surface area contributed by atoms with Gasteiger partial charge in [-0.2, -0.15) is 0 Å². The van der Waals surface area contributed by atoms with E-state index in [-0.39, 0.29) is 18.2 Å². The zero-order valence-electron chi connectivity index (χ0n) is 15.3. The molecule has 0 radical (unpaired) electrons. The Hall–Kier alpha value is -2.46. The fraction of sp³-hybridized carbons (Fsp3) is 0.318. The number of cyclic esters (lactones) is 1. The van der Waals surface area contributed by atoms with Gasteiger partial charge in [0.25, 0.3) is 0 Å². The van der Waals surface area contributed by atoms with Gasteiger partial charge in [0.05, 0.1) is 12.5 Å². The second-order valence-electron chi connectivity index (χ2n) is 6.99. The van der Waals surface area contributed by atoms with Crippen molar-refractivity contribution in [2.24, 2.45) is 0 Å². The molecule has 0 spiro atoms. The molecule has 0 aromatic heterocycles. The fourth-order valence-electron chi connectivity index (χ4n) is 3.38. The molecule has 1 N–H and O–H groups in total. The van der Waals surface area contributed by atoms with E-state index in [0.29, 0.717) is 12.0 Å². The minimum absolute atomic E-state index is 0.0496. The number of halogens is 1. The van der Waals surface area contributed by atoms with E-state index in [2.05, 4.69) is 12.1 Å². The lowest BCUT2D eigenvalue weighted by Crippen LogP contribution is -2.31. The van der Waals surface area contributed by atoms with Gasteiger partial charge in [-0.1, -0.05) is 29.8 Å². The summed E-state index contributed by atoms with van der Waals surface area (Å²) in [5.74, 6) is -0.605. The van der Waals surface area contributed by atoms with Gasteiger partial charge < -0.3 is 9.84 Å². The maximum atomic E-state index is 13.7. The van der Waals surface area contributed by atoms with E-state index in [4.69, 9.17) is 4.74 Å². The van der Waals surface area contributed by atoms with Crippen molar-refractivity contribution < 1.29 is 19.0 Å². The number of esters is 1. The molecular formula is C22H23FO3. The number of benzene rings is 2. The van der Waals surface area contributed by atoms with Crippen LogP contribution in [0.1, 0.15) is 35.1 Å². The molecule has 1 aliphatic heterocycles. The molecule has 2 aromatic rings. The quantitative estimate of drug-likeness (QED) is 0.826. The van der Waals surface area contributed by atoms with Gasteiger partial charge in [-0.25, -0.2) is 4.39 Å². The zero-order valence-corrected chi connectivity index (χ0v) is 15.3. The fourth-order valence-corrected chi connectivity index (χ4v) is 3.38. The lowest BCUT2D eigenvalue weighted by molar-refractivity contribution is -0.156. The van der Waals surface area contributed by atoms with Crippen LogP contribution in [0.15, 0.2) is 36.4 Å². The van der Waals surface area contributed by atoms with Crippen molar-refractivity contribution in [2.75, 3.05) is 0 Å². The zero-order chi connectivity index (χ0) is 18.8. The number of hydrogen-bond donors (Lipinski definition) is 1. The van der Waals surface area contributed by atoms with E-state index in [1.165, 1.54) is 6.07 Å². The molecule has 1 saturated heterocycles. The van der Waals surface area contributed by atoms with E-state index < -0.39 is 12.2 Å². The van der Waals surface area contributed by atoms with Crippen molar-refractivity contribution in [3.63, 3.8) is 0 Å². The van der Waals surface area contributed by atoms with E-state index >= 15 is 0 Å². The highest BCUT2D eigenvalue weighted by atomic mass is 19.1. The molecule has 3 rings (SSSR count). The van der Waals surface area contributed by atoms with Gasteiger partial charge in [0.2, 0.25) is 0 Å². The Kier molecular flexibility index (Phi) is 5.23. The average molecular weight is 354 g/mol. The van der Waals surface area contributed by atoms with Crippen molar-refractivity contribution in [3.8, 4) is 11.1 Å². The second-order valence-corrected chi connectivity index (χ2v) is 6.99. The maximum Gasteiger partial charge on any atom is 0.309 e. The highest BCUT2D eigenvalue weighted by molar-refractivity contribution is 5.78. The molecule has 4 heteroatoms. The Bertz CT molecular complexity index is 870. The first-order valence-corrected chi connectivity index (χ1v) is 8.77. The third-order valence-corrected chi connectivity index (χ3v) is 4.67. The van der Waals surface area contributed by atoms with Crippen LogP contribution in [0, 0.1) is 26.6 Å².